The third-order valence-corrected chi connectivity index (χ3v) is 5.95. The minimum atomic E-state index is -0.212. The summed E-state index contributed by atoms with van der Waals surface area (Å²) in [4.78, 5) is 25.6. The Labute approximate surface area is 181 Å². The maximum absolute atomic E-state index is 12.0. The molecule has 0 bridgehead atoms. The molecule has 0 radical (unpaired) electrons. The smallest absolute Gasteiger partial charge is 0.306 e. The van der Waals surface area contributed by atoms with Crippen LogP contribution in [-0.4, -0.2) is 46.9 Å². The number of hydrogen-bond donors (Lipinski definition) is 0. The van der Waals surface area contributed by atoms with Crippen LogP contribution in [-0.2, 0) is 27.9 Å². The van der Waals surface area contributed by atoms with Gasteiger partial charge in [-0.15, -0.1) is 18.3 Å². The van der Waals surface area contributed by atoms with Crippen molar-refractivity contribution in [1.29, 1.82) is 0 Å². The fraction of sp³-hybridized carbons (Fsp3) is 0.409. The Bertz CT molecular complexity index is 866. The van der Waals surface area contributed by atoms with Gasteiger partial charge in [-0.2, -0.15) is 0 Å². The van der Waals surface area contributed by atoms with Gasteiger partial charge in [-0.1, -0.05) is 18.2 Å². The van der Waals surface area contributed by atoms with Crippen LogP contribution in [0.25, 0.3) is 0 Å². The molecule has 0 N–H and O–H groups in total. The van der Waals surface area contributed by atoms with E-state index in [-0.39, 0.29) is 17.3 Å². The number of benzene rings is 1. The van der Waals surface area contributed by atoms with Gasteiger partial charge >= 0.3 is 5.97 Å². The molecule has 1 aromatic carbocycles. The van der Waals surface area contributed by atoms with E-state index in [4.69, 9.17) is 9.47 Å². The molecule has 2 heterocycles. The molecule has 8 heteroatoms. The number of aromatic nitrogens is 2. The van der Waals surface area contributed by atoms with Gasteiger partial charge in [-0.05, 0) is 24.1 Å². The van der Waals surface area contributed by atoms with Crippen molar-refractivity contribution in [1.82, 2.24) is 9.47 Å². The Hall–Kier alpha value is -2.74. The van der Waals surface area contributed by atoms with Gasteiger partial charge in [0.05, 0.1) is 19.4 Å². The lowest BCUT2D eigenvalue weighted by Crippen LogP contribution is -2.28. The number of carbonyl (C=O) groups is 2. The van der Waals surface area contributed by atoms with Crippen molar-refractivity contribution >= 4 is 23.6 Å². The average molecular weight is 431 g/mol. The first-order valence-corrected chi connectivity index (χ1v) is 11.0. The number of thioether (sulfide) groups is 1. The van der Waals surface area contributed by atoms with E-state index in [9.17, 15) is 9.59 Å². The van der Waals surface area contributed by atoms with E-state index < -0.39 is 0 Å². The van der Waals surface area contributed by atoms with Crippen LogP contribution in [0.15, 0.2) is 55.6 Å². The van der Waals surface area contributed by atoms with Gasteiger partial charge in [0.2, 0.25) is 12.2 Å². The zero-order chi connectivity index (χ0) is 21.3. The van der Waals surface area contributed by atoms with Crippen molar-refractivity contribution in [2.24, 2.45) is 7.05 Å². The maximum atomic E-state index is 12.0. The highest BCUT2D eigenvalue weighted by Crippen LogP contribution is 2.38. The molecule has 160 valence electrons. The zero-order valence-corrected chi connectivity index (χ0v) is 18.1. The lowest BCUT2D eigenvalue weighted by atomic mass is 10.2. The Morgan fingerprint density at radius 3 is 2.83 bits per heavy atom. The Kier molecular flexibility index (Phi) is 7.96. The number of nitrogens with zero attached hydrogens (tertiary/aromatic N) is 3. The summed E-state index contributed by atoms with van der Waals surface area (Å²) < 4.78 is 14.9. The Morgan fingerprint density at radius 2 is 2.13 bits per heavy atom. The van der Waals surface area contributed by atoms with Crippen LogP contribution in [0.1, 0.15) is 23.8 Å². The minimum Gasteiger partial charge on any atom is -0.494 e. The summed E-state index contributed by atoms with van der Waals surface area (Å²) in [6.07, 6.45) is 8.49. The van der Waals surface area contributed by atoms with Crippen LogP contribution in [0.4, 0.5) is 0 Å². The first-order valence-electron chi connectivity index (χ1n) is 9.98. The summed E-state index contributed by atoms with van der Waals surface area (Å²) in [6.45, 7) is 5.73. The SMILES string of the molecule is C=CCN1C(=O)CSC1c1ccc(OCCCC(=O)OCCn2cc[n+](C)c2)cc1. The van der Waals surface area contributed by atoms with E-state index in [2.05, 4.69) is 6.58 Å². The summed E-state index contributed by atoms with van der Waals surface area (Å²) >= 11 is 1.62. The minimum absolute atomic E-state index is 0.0216. The van der Waals surface area contributed by atoms with Gasteiger partial charge in [-0.3, -0.25) is 9.59 Å². The second kappa shape index (κ2) is 10.9. The number of hydrogen-bond acceptors (Lipinski definition) is 5. The monoisotopic (exact) mass is 430 g/mol. The second-order valence-corrected chi connectivity index (χ2v) is 8.13. The van der Waals surface area contributed by atoms with Crippen molar-refractivity contribution in [3.63, 3.8) is 0 Å². The van der Waals surface area contributed by atoms with E-state index in [0.29, 0.717) is 44.9 Å². The first kappa shape index (κ1) is 22.0. The van der Waals surface area contributed by atoms with Crippen LogP contribution < -0.4 is 9.30 Å². The molecule has 0 saturated carbocycles. The van der Waals surface area contributed by atoms with Gasteiger partial charge in [0.15, 0.2) is 0 Å². The zero-order valence-electron chi connectivity index (χ0n) is 17.2. The molecule has 1 aromatic heterocycles. The fourth-order valence-corrected chi connectivity index (χ4v) is 4.37. The number of rotatable bonds is 11. The predicted octanol–water partition coefficient (Wildman–Crippen LogP) is 2.47. The standard InChI is InChI=1S/C22H28N3O4S/c1-3-10-25-20(26)16-30-22(25)18-6-8-19(9-7-18)28-14-4-5-21(27)29-15-13-24-12-11-23(2)17-24/h3,6-9,11-12,17,22H,1,4-5,10,13-16H2,2H3/q+1. The van der Waals surface area contributed by atoms with Gasteiger partial charge < -0.3 is 14.4 Å². The number of esters is 1. The molecule has 3 rings (SSSR count). The summed E-state index contributed by atoms with van der Waals surface area (Å²) in [5.74, 6) is 1.17. The third kappa shape index (κ3) is 6.13. The van der Waals surface area contributed by atoms with Crippen molar-refractivity contribution in [3.8, 4) is 5.75 Å². The highest BCUT2D eigenvalue weighted by Gasteiger charge is 2.31. The molecule has 1 saturated heterocycles. The Balaban J connectivity index is 1.34. The lowest BCUT2D eigenvalue weighted by Gasteiger charge is -2.22. The molecule has 7 nitrogen and oxygen atoms in total. The number of carbonyl (C=O) groups excluding carboxylic acids is 2. The molecule has 0 aliphatic carbocycles. The second-order valence-electron chi connectivity index (χ2n) is 7.06. The van der Waals surface area contributed by atoms with E-state index in [1.54, 1.807) is 17.8 Å². The summed E-state index contributed by atoms with van der Waals surface area (Å²) in [6, 6.07) is 7.77. The van der Waals surface area contributed by atoms with Crippen molar-refractivity contribution < 1.29 is 23.6 Å². The van der Waals surface area contributed by atoms with Crippen LogP contribution >= 0.6 is 11.8 Å². The third-order valence-electron chi connectivity index (χ3n) is 4.69. The molecular weight excluding hydrogens is 402 g/mol. The molecule has 2 aromatic rings. The average Bonchev–Trinajstić information content (AvgIpc) is 3.32. The molecule has 1 unspecified atom stereocenters. The van der Waals surface area contributed by atoms with Crippen molar-refractivity contribution in [3.05, 3.63) is 61.2 Å². The highest BCUT2D eigenvalue weighted by molar-refractivity contribution is 8.00. The van der Waals surface area contributed by atoms with Gasteiger partial charge in [0.1, 0.15) is 36.7 Å². The predicted molar refractivity (Wildman–Crippen MR) is 115 cm³/mol. The van der Waals surface area contributed by atoms with Gasteiger partial charge in [0, 0.05) is 13.0 Å². The van der Waals surface area contributed by atoms with Crippen LogP contribution in [0.5, 0.6) is 5.75 Å². The van der Waals surface area contributed by atoms with Crippen molar-refractivity contribution in [2.75, 3.05) is 25.5 Å². The van der Waals surface area contributed by atoms with Crippen molar-refractivity contribution in [2.45, 2.75) is 24.8 Å². The molecule has 1 atom stereocenters. The topological polar surface area (TPSA) is 64.7 Å². The number of ether oxygens (including phenoxy) is 2. The quantitative estimate of drug-likeness (QED) is 0.237. The highest BCUT2D eigenvalue weighted by atomic mass is 32.2. The largest absolute Gasteiger partial charge is 0.494 e. The van der Waals surface area contributed by atoms with Gasteiger partial charge in [-0.25, -0.2) is 9.13 Å². The summed E-state index contributed by atoms with van der Waals surface area (Å²) in [5, 5.41) is 0.0216. The molecule has 0 spiro atoms. The molecule has 30 heavy (non-hydrogen) atoms. The molecule has 1 fully saturated rings. The van der Waals surface area contributed by atoms with Crippen LogP contribution in [0.2, 0.25) is 0 Å². The number of amides is 1. The molecule has 1 aliphatic heterocycles. The molecule has 1 amide bonds. The van der Waals surface area contributed by atoms with Crippen LogP contribution in [0.3, 0.4) is 0 Å². The molecular formula is C22H28N3O4S+. The van der Waals surface area contributed by atoms with E-state index in [1.165, 1.54) is 0 Å². The first-order chi connectivity index (χ1) is 14.6. The Morgan fingerprint density at radius 1 is 1.33 bits per heavy atom. The van der Waals surface area contributed by atoms with E-state index in [1.807, 2.05) is 64.1 Å². The lowest BCUT2D eigenvalue weighted by molar-refractivity contribution is -0.671. The fourth-order valence-electron chi connectivity index (χ4n) is 3.17. The molecule has 1 aliphatic rings. The summed E-state index contributed by atoms with van der Waals surface area (Å²) in [7, 11) is 1.95. The number of imidazole rings is 1. The van der Waals surface area contributed by atoms with Gasteiger partial charge in [0.25, 0.3) is 0 Å². The van der Waals surface area contributed by atoms with E-state index in [0.717, 1.165) is 11.3 Å². The maximum Gasteiger partial charge on any atom is 0.306 e. The van der Waals surface area contributed by atoms with E-state index >= 15 is 0 Å². The normalized spacial score (nSPS) is 16.0. The number of aryl methyl sites for hydroxylation is 1. The van der Waals surface area contributed by atoms with Crippen LogP contribution in [0, 0.1) is 0 Å². The summed E-state index contributed by atoms with van der Waals surface area (Å²) in [5.41, 5.74) is 1.07.